The van der Waals surface area contributed by atoms with Gasteiger partial charge in [0.1, 0.15) is 5.75 Å². The number of ether oxygens (including phenoxy) is 1. The molecule has 6 atom stereocenters. The fourth-order valence-corrected chi connectivity index (χ4v) is 8.17. The van der Waals surface area contributed by atoms with E-state index in [2.05, 4.69) is 46.0 Å². The van der Waals surface area contributed by atoms with Gasteiger partial charge in [0.05, 0.1) is 0 Å². The summed E-state index contributed by atoms with van der Waals surface area (Å²) in [6.07, 6.45) is 5.42. The largest absolute Gasteiger partial charge is 0.543 e. The minimum atomic E-state index is -1.94. The van der Waals surface area contributed by atoms with Crippen molar-refractivity contribution >= 4 is 19.9 Å². The monoisotopic (exact) mass is 450 g/mol. The molecule has 5 fully saturated rings. The Balaban J connectivity index is 1.51. The Labute approximate surface area is 186 Å². The second kappa shape index (κ2) is 6.47. The fraction of sp³-hybridized carbons (Fsp3) is 0.750. The second-order valence-corrected chi connectivity index (χ2v) is 17.2. The van der Waals surface area contributed by atoms with Crippen LogP contribution in [0.1, 0.15) is 58.4 Å². The van der Waals surface area contributed by atoms with E-state index in [1.165, 1.54) is 0 Å². The van der Waals surface area contributed by atoms with Gasteiger partial charge < -0.3 is 9.16 Å². The molecule has 166 valence electrons. The lowest BCUT2D eigenvalue weighted by Crippen LogP contribution is -2.78. The van der Waals surface area contributed by atoms with E-state index in [9.17, 15) is 0 Å². The topological polar surface area (TPSA) is 36.9 Å². The molecule has 5 aliphatic rings. The van der Waals surface area contributed by atoms with E-state index in [0.29, 0.717) is 17.8 Å². The van der Waals surface area contributed by atoms with Gasteiger partial charge in [0, 0.05) is 17.5 Å². The third-order valence-corrected chi connectivity index (χ3v) is 13.6. The molecule has 6 heteroatoms. The van der Waals surface area contributed by atoms with E-state index in [-0.39, 0.29) is 9.91 Å². The summed E-state index contributed by atoms with van der Waals surface area (Å²) in [6, 6.07) is 8.29. The van der Waals surface area contributed by atoms with Gasteiger partial charge in [0.2, 0.25) is 8.32 Å². The molecule has 4 saturated carbocycles. The first-order valence-electron chi connectivity index (χ1n) is 11.4. The normalized spacial score (nSPS) is 42.4. The van der Waals surface area contributed by atoms with Crippen LogP contribution in [-0.2, 0) is 20.3 Å². The minimum Gasteiger partial charge on any atom is -0.543 e. The van der Waals surface area contributed by atoms with Crippen LogP contribution in [0, 0.1) is 17.8 Å². The Morgan fingerprint density at radius 2 is 1.73 bits per heavy atom. The SMILES string of the molecule is COC1(c2cccc(O[Si](C)(C)C(C)(C)C)c2)OOC12[C@@H]1CC3C[C@H]2CC(Cl)(C3)C1. The molecule has 0 radical (unpaired) electrons. The molecule has 0 amide bonds. The van der Waals surface area contributed by atoms with Crippen LogP contribution in [0.4, 0.5) is 0 Å². The van der Waals surface area contributed by atoms with Gasteiger partial charge in [-0.05, 0) is 80.1 Å². The van der Waals surface area contributed by atoms with Crippen molar-refractivity contribution in [3.05, 3.63) is 29.8 Å². The smallest absolute Gasteiger partial charge is 0.260 e. The predicted octanol–water partition coefficient (Wildman–Crippen LogP) is 6.39. The molecule has 1 aromatic carbocycles. The number of rotatable bonds is 4. The highest BCUT2D eigenvalue weighted by atomic mass is 35.5. The maximum absolute atomic E-state index is 7.01. The first-order valence-corrected chi connectivity index (χ1v) is 14.6. The van der Waals surface area contributed by atoms with Gasteiger partial charge in [-0.15, -0.1) is 11.6 Å². The Morgan fingerprint density at radius 1 is 1.07 bits per heavy atom. The van der Waals surface area contributed by atoms with Crippen LogP contribution in [0.15, 0.2) is 24.3 Å². The van der Waals surface area contributed by atoms with Crippen LogP contribution in [0.3, 0.4) is 0 Å². The van der Waals surface area contributed by atoms with Crippen molar-refractivity contribution in [2.75, 3.05) is 7.11 Å². The number of hydrogen-bond donors (Lipinski definition) is 0. The van der Waals surface area contributed by atoms with Gasteiger partial charge in [-0.3, -0.25) is 0 Å². The molecule has 1 saturated heterocycles. The summed E-state index contributed by atoms with van der Waals surface area (Å²) in [7, 11) is -0.201. The minimum absolute atomic E-state index is 0.0620. The van der Waals surface area contributed by atoms with Crippen LogP contribution in [-0.4, -0.2) is 25.9 Å². The Morgan fingerprint density at radius 3 is 2.23 bits per heavy atom. The number of hydrogen-bond acceptors (Lipinski definition) is 4. The molecule has 0 aromatic heterocycles. The van der Waals surface area contributed by atoms with Gasteiger partial charge >= 0.3 is 0 Å². The van der Waals surface area contributed by atoms with Gasteiger partial charge in [0.15, 0.2) is 5.60 Å². The lowest BCUT2D eigenvalue weighted by molar-refractivity contribution is -0.645. The molecular weight excluding hydrogens is 416 g/mol. The average molecular weight is 451 g/mol. The quantitative estimate of drug-likeness (QED) is 0.302. The van der Waals surface area contributed by atoms with Crippen LogP contribution in [0.5, 0.6) is 5.75 Å². The van der Waals surface area contributed by atoms with Crippen molar-refractivity contribution in [2.24, 2.45) is 17.8 Å². The van der Waals surface area contributed by atoms with Gasteiger partial charge in [-0.1, -0.05) is 32.9 Å². The van der Waals surface area contributed by atoms with E-state index in [1.807, 2.05) is 12.1 Å². The van der Waals surface area contributed by atoms with Crippen molar-refractivity contribution in [3.63, 3.8) is 0 Å². The molecule has 4 unspecified atom stereocenters. The summed E-state index contributed by atoms with van der Waals surface area (Å²) in [6.45, 7) is 11.3. The first kappa shape index (κ1) is 21.3. The molecule has 0 N–H and O–H groups in total. The van der Waals surface area contributed by atoms with Crippen molar-refractivity contribution < 1.29 is 18.9 Å². The van der Waals surface area contributed by atoms with Crippen molar-refractivity contribution in [1.29, 1.82) is 0 Å². The molecule has 1 heterocycles. The summed E-state index contributed by atoms with van der Waals surface area (Å²) in [5.41, 5.74) is 0.538. The van der Waals surface area contributed by atoms with E-state index < -0.39 is 19.7 Å². The molecule has 1 spiro atoms. The Hall–Kier alpha value is -0.593. The van der Waals surface area contributed by atoms with Gasteiger partial charge in [-0.25, -0.2) is 4.89 Å². The third kappa shape index (κ3) is 2.75. The molecule has 30 heavy (non-hydrogen) atoms. The van der Waals surface area contributed by atoms with Crippen molar-refractivity contribution in [1.82, 2.24) is 0 Å². The maximum atomic E-state index is 7.01. The summed E-state index contributed by atoms with van der Waals surface area (Å²) >= 11 is 7.01. The molecule has 4 bridgehead atoms. The zero-order chi connectivity index (χ0) is 21.6. The van der Waals surface area contributed by atoms with Crippen molar-refractivity contribution in [2.45, 2.75) is 87.3 Å². The standard InChI is InChI=1S/C24H35ClO4Si/c1-21(2,3)30(5,6)27-20-9-7-8-17(12-20)24(26-4)23(28-29-24)18-10-16-11-19(23)15-22(25,13-16)14-18/h7-9,12,16,18-19H,10-11,13-15H2,1-6H3/t16?,18-,19+,22?,23?,24?. The number of alkyl halides is 1. The molecular formula is C24H35ClO4Si. The fourth-order valence-electron chi connectivity index (χ4n) is 6.56. The lowest BCUT2D eigenvalue weighted by atomic mass is 9.46. The third-order valence-electron chi connectivity index (χ3n) is 8.82. The molecule has 4 nitrogen and oxygen atoms in total. The van der Waals surface area contributed by atoms with E-state index in [0.717, 1.165) is 43.4 Å². The summed E-state index contributed by atoms with van der Waals surface area (Å²) < 4.78 is 12.8. The molecule has 1 aliphatic heterocycles. The van der Waals surface area contributed by atoms with Crippen LogP contribution in [0.25, 0.3) is 0 Å². The number of benzene rings is 1. The summed E-state index contributed by atoms with van der Waals surface area (Å²) in [4.78, 5) is 11.9. The van der Waals surface area contributed by atoms with Crippen LogP contribution in [0.2, 0.25) is 18.1 Å². The number of halogens is 1. The molecule has 1 aromatic rings. The first-order chi connectivity index (χ1) is 13.9. The molecule has 4 aliphatic carbocycles. The summed E-state index contributed by atoms with van der Waals surface area (Å²) in [5, 5.41) is 0.134. The van der Waals surface area contributed by atoms with E-state index in [1.54, 1.807) is 7.11 Å². The predicted molar refractivity (Wildman–Crippen MR) is 120 cm³/mol. The average Bonchev–Trinajstić information content (AvgIpc) is 2.59. The number of methoxy groups -OCH3 is 1. The lowest BCUT2D eigenvalue weighted by Gasteiger charge is -2.70. The van der Waals surface area contributed by atoms with Gasteiger partial charge in [0.25, 0.3) is 5.79 Å². The second-order valence-electron chi connectivity index (χ2n) is 11.7. The van der Waals surface area contributed by atoms with E-state index >= 15 is 0 Å². The highest BCUT2D eigenvalue weighted by molar-refractivity contribution is 6.74. The van der Waals surface area contributed by atoms with Crippen LogP contribution < -0.4 is 4.43 Å². The van der Waals surface area contributed by atoms with Crippen molar-refractivity contribution in [3.8, 4) is 5.75 Å². The zero-order valence-electron chi connectivity index (χ0n) is 19.1. The van der Waals surface area contributed by atoms with Gasteiger partial charge in [-0.2, -0.15) is 4.89 Å². The van der Waals surface area contributed by atoms with Crippen LogP contribution >= 0.6 is 11.6 Å². The molecule has 6 rings (SSSR count). The maximum Gasteiger partial charge on any atom is 0.260 e. The highest BCUT2D eigenvalue weighted by Crippen LogP contribution is 2.71. The zero-order valence-corrected chi connectivity index (χ0v) is 20.8. The highest BCUT2D eigenvalue weighted by Gasteiger charge is 2.78. The Kier molecular flexibility index (Phi) is 4.59. The summed E-state index contributed by atoms with van der Waals surface area (Å²) in [5.74, 6) is 1.42. The van der Waals surface area contributed by atoms with E-state index in [4.69, 9.17) is 30.5 Å². The Bertz CT molecular complexity index is 830.